The molecule has 7 nitrogen and oxygen atoms in total. The molecule has 1 aromatic heterocycles. The lowest BCUT2D eigenvalue weighted by molar-refractivity contribution is 0.0839. The van der Waals surface area contributed by atoms with Crippen molar-refractivity contribution in [1.29, 1.82) is 0 Å². The lowest BCUT2D eigenvalue weighted by atomic mass is 9.94. The van der Waals surface area contributed by atoms with Crippen molar-refractivity contribution in [3.63, 3.8) is 0 Å². The van der Waals surface area contributed by atoms with Crippen molar-refractivity contribution >= 4 is 11.6 Å². The first-order valence-corrected chi connectivity index (χ1v) is 9.78. The van der Waals surface area contributed by atoms with Crippen LogP contribution in [0, 0.1) is 11.6 Å². The number of benzene rings is 2. The van der Waals surface area contributed by atoms with Crippen molar-refractivity contribution in [3.8, 4) is 5.69 Å². The second-order valence-electron chi connectivity index (χ2n) is 7.03. The van der Waals surface area contributed by atoms with Crippen LogP contribution in [0.15, 0.2) is 60.1 Å². The van der Waals surface area contributed by atoms with Gasteiger partial charge in [0.05, 0.1) is 11.4 Å². The van der Waals surface area contributed by atoms with Gasteiger partial charge in [-0.1, -0.05) is 36.1 Å². The molecule has 0 aliphatic carbocycles. The van der Waals surface area contributed by atoms with Crippen molar-refractivity contribution in [2.75, 3.05) is 13.2 Å². The highest BCUT2D eigenvalue weighted by molar-refractivity contribution is 5.96. The van der Waals surface area contributed by atoms with E-state index < -0.39 is 11.6 Å². The zero-order chi connectivity index (χ0) is 21.8. The summed E-state index contributed by atoms with van der Waals surface area (Å²) in [6, 6.07) is 12.4. The fraction of sp³-hybridized carbons (Fsp3) is 0.227. The van der Waals surface area contributed by atoms with Crippen LogP contribution < -0.4 is 5.90 Å². The minimum Gasteiger partial charge on any atom is -0.389 e. The molecule has 9 heteroatoms. The van der Waals surface area contributed by atoms with Crippen LogP contribution in [-0.4, -0.2) is 34.1 Å². The third kappa shape index (κ3) is 4.23. The molecule has 160 valence electrons. The van der Waals surface area contributed by atoms with Gasteiger partial charge in [-0.25, -0.2) is 18.5 Å². The maximum atomic E-state index is 14.5. The molecule has 0 saturated carbocycles. The van der Waals surface area contributed by atoms with Crippen LogP contribution in [0.1, 0.15) is 35.7 Å². The predicted octanol–water partition coefficient (Wildman–Crippen LogP) is 3.75. The summed E-state index contributed by atoms with van der Waals surface area (Å²) < 4.78 is 35.6. The predicted molar refractivity (Wildman–Crippen MR) is 111 cm³/mol. The first-order chi connectivity index (χ1) is 15.1. The second kappa shape index (κ2) is 9.15. The van der Waals surface area contributed by atoms with Crippen LogP contribution in [0.3, 0.4) is 0 Å². The van der Waals surface area contributed by atoms with Gasteiger partial charge in [0.15, 0.2) is 5.69 Å². The number of aromatic nitrogens is 3. The lowest BCUT2D eigenvalue weighted by Gasteiger charge is -2.23. The Hall–Kier alpha value is -3.43. The number of rotatable bonds is 5. The summed E-state index contributed by atoms with van der Waals surface area (Å²) in [6.07, 6.45) is 1.36. The Morgan fingerprint density at radius 3 is 2.45 bits per heavy atom. The van der Waals surface area contributed by atoms with E-state index in [2.05, 4.69) is 21.9 Å². The van der Waals surface area contributed by atoms with Crippen LogP contribution in [0.4, 0.5) is 8.78 Å². The molecule has 0 spiro atoms. The van der Waals surface area contributed by atoms with E-state index in [0.29, 0.717) is 31.7 Å². The summed E-state index contributed by atoms with van der Waals surface area (Å²) in [7, 11) is 0. The van der Waals surface area contributed by atoms with E-state index in [-0.39, 0.29) is 34.5 Å². The highest BCUT2D eigenvalue weighted by Crippen LogP contribution is 2.32. The zero-order valence-corrected chi connectivity index (χ0v) is 16.7. The molecule has 1 fully saturated rings. The second-order valence-corrected chi connectivity index (χ2v) is 7.03. The van der Waals surface area contributed by atoms with Crippen molar-refractivity contribution in [1.82, 2.24) is 15.0 Å². The molecule has 0 atom stereocenters. The molecule has 2 aromatic carbocycles. The van der Waals surface area contributed by atoms with Crippen molar-refractivity contribution in [3.05, 3.63) is 83.7 Å². The van der Waals surface area contributed by atoms with E-state index in [4.69, 9.17) is 15.5 Å². The Kier molecular flexibility index (Phi) is 6.15. The minimum atomic E-state index is -0.479. The summed E-state index contributed by atoms with van der Waals surface area (Å²) in [5.74, 6) is 4.45. The van der Waals surface area contributed by atoms with Gasteiger partial charge in [0.2, 0.25) is 0 Å². The molecule has 0 amide bonds. The van der Waals surface area contributed by atoms with Gasteiger partial charge in [-0.3, -0.25) is 0 Å². The van der Waals surface area contributed by atoms with Gasteiger partial charge in [0, 0.05) is 24.7 Å². The van der Waals surface area contributed by atoms with Crippen LogP contribution in [0.25, 0.3) is 11.4 Å². The number of halogens is 2. The van der Waals surface area contributed by atoms with Crippen LogP contribution in [-0.2, 0) is 9.57 Å². The Morgan fingerprint density at radius 2 is 1.77 bits per heavy atom. The van der Waals surface area contributed by atoms with Crippen LogP contribution >= 0.6 is 0 Å². The van der Waals surface area contributed by atoms with E-state index >= 15 is 0 Å². The molecule has 4 rings (SSSR count). The van der Waals surface area contributed by atoms with Gasteiger partial charge in [-0.05, 0) is 37.1 Å². The van der Waals surface area contributed by atoms with E-state index in [9.17, 15) is 8.78 Å². The van der Waals surface area contributed by atoms with Gasteiger partial charge < -0.3 is 9.57 Å². The molecule has 3 aromatic rings. The molecule has 2 heterocycles. The standard InChI is InChI=1S/C22H21F2N5O2/c1-14(16-6-2-3-7-17(16)23)26-22(31-25)20-21(15-10-12-30-13-11-15)29(28-27-20)19-9-5-4-8-18(19)24/h2-9,15H,1,10-13,25H2. The maximum absolute atomic E-state index is 14.5. The number of hydrogen-bond acceptors (Lipinski definition) is 6. The maximum Gasteiger partial charge on any atom is 0.267 e. The van der Waals surface area contributed by atoms with Crippen molar-refractivity contribution < 1.29 is 18.4 Å². The molecule has 1 aliphatic rings. The summed E-state index contributed by atoms with van der Waals surface area (Å²) in [4.78, 5) is 9.28. The topological polar surface area (TPSA) is 87.5 Å². The molecular weight excluding hydrogens is 404 g/mol. The first-order valence-electron chi connectivity index (χ1n) is 9.78. The number of para-hydroxylation sites is 1. The number of hydrogen-bond donors (Lipinski definition) is 1. The van der Waals surface area contributed by atoms with Gasteiger partial charge in [0.25, 0.3) is 5.90 Å². The molecule has 0 unspecified atom stereocenters. The van der Waals surface area contributed by atoms with E-state index in [1.54, 1.807) is 36.4 Å². The van der Waals surface area contributed by atoms with E-state index in [1.165, 1.54) is 16.8 Å². The smallest absolute Gasteiger partial charge is 0.267 e. The quantitative estimate of drug-likeness (QED) is 0.382. The molecular formula is C22H21F2N5O2. The van der Waals surface area contributed by atoms with Gasteiger partial charge in [0.1, 0.15) is 17.3 Å². The minimum absolute atomic E-state index is 0.0413. The van der Waals surface area contributed by atoms with Crippen LogP contribution in [0.2, 0.25) is 0 Å². The van der Waals surface area contributed by atoms with E-state index in [1.807, 2.05) is 0 Å². The summed E-state index contributed by atoms with van der Waals surface area (Å²) in [5, 5.41) is 8.34. The number of aliphatic imine (C=N–C) groups is 1. The molecule has 31 heavy (non-hydrogen) atoms. The molecule has 0 bridgehead atoms. The molecule has 0 radical (unpaired) electrons. The highest BCUT2D eigenvalue weighted by atomic mass is 19.1. The van der Waals surface area contributed by atoms with Crippen molar-refractivity contribution in [2.24, 2.45) is 10.9 Å². The Bertz CT molecular complexity index is 1120. The Morgan fingerprint density at radius 1 is 1.10 bits per heavy atom. The highest BCUT2D eigenvalue weighted by Gasteiger charge is 2.30. The largest absolute Gasteiger partial charge is 0.389 e. The monoisotopic (exact) mass is 425 g/mol. The number of nitrogens with two attached hydrogens (primary N) is 1. The fourth-order valence-corrected chi connectivity index (χ4v) is 3.59. The summed E-state index contributed by atoms with van der Waals surface area (Å²) in [6.45, 7) is 4.91. The van der Waals surface area contributed by atoms with Gasteiger partial charge >= 0.3 is 0 Å². The van der Waals surface area contributed by atoms with E-state index in [0.717, 1.165) is 0 Å². The van der Waals surface area contributed by atoms with Gasteiger partial charge in [-0.15, -0.1) is 5.10 Å². The molecule has 1 saturated heterocycles. The SMILES string of the molecule is C=C(N=C(ON)c1nnn(-c2ccccc2F)c1C1CCOCC1)c1ccccc1F. The average molecular weight is 425 g/mol. The lowest BCUT2D eigenvalue weighted by Crippen LogP contribution is -2.22. The zero-order valence-electron chi connectivity index (χ0n) is 16.7. The third-order valence-electron chi connectivity index (χ3n) is 5.13. The molecule has 1 aliphatic heterocycles. The third-order valence-corrected chi connectivity index (χ3v) is 5.13. The Labute approximate surface area is 177 Å². The summed E-state index contributed by atoms with van der Waals surface area (Å²) in [5.41, 5.74) is 1.39. The average Bonchev–Trinajstić information content (AvgIpc) is 3.23. The first kappa shape index (κ1) is 20.8. The van der Waals surface area contributed by atoms with Crippen molar-refractivity contribution in [2.45, 2.75) is 18.8 Å². The number of nitrogens with zero attached hydrogens (tertiary/aromatic N) is 4. The number of ether oxygens (including phenoxy) is 1. The normalized spacial score (nSPS) is 15.1. The van der Waals surface area contributed by atoms with Gasteiger partial charge in [-0.2, -0.15) is 5.90 Å². The fourth-order valence-electron chi connectivity index (χ4n) is 3.59. The van der Waals surface area contributed by atoms with Crippen LogP contribution in [0.5, 0.6) is 0 Å². The molecule has 2 N–H and O–H groups in total. The Balaban J connectivity index is 1.82. The summed E-state index contributed by atoms with van der Waals surface area (Å²) >= 11 is 0.